The first kappa shape index (κ1) is 20.6. The number of benzene rings is 1. The Morgan fingerprint density at radius 1 is 1.04 bits per heavy atom. The van der Waals surface area contributed by atoms with Gasteiger partial charge in [0.2, 0.25) is 11.8 Å². The number of anilines is 1. The number of carbonyl (C=O) groups is 3. The zero-order valence-electron chi connectivity index (χ0n) is 15.4. The maximum atomic E-state index is 12.0. The number of likely N-dealkylation sites (N-methyl/N-ethyl adjacent to an activating group) is 1. The van der Waals surface area contributed by atoms with Gasteiger partial charge in [-0.25, -0.2) is 0 Å². The molecule has 0 radical (unpaired) electrons. The Bertz CT molecular complexity index is 632. The highest BCUT2D eigenvalue weighted by Gasteiger charge is 2.08. The molecular formula is C19H27N3O3. The lowest BCUT2D eigenvalue weighted by atomic mass is 10.1. The van der Waals surface area contributed by atoms with Gasteiger partial charge in [0.25, 0.3) is 0 Å². The number of hydrogen-bond donors (Lipinski definition) is 2. The van der Waals surface area contributed by atoms with Crippen LogP contribution in [0.15, 0.2) is 35.9 Å². The summed E-state index contributed by atoms with van der Waals surface area (Å²) in [7, 11) is 0. The molecule has 1 aromatic carbocycles. The molecule has 0 aromatic heterocycles. The summed E-state index contributed by atoms with van der Waals surface area (Å²) < 4.78 is 0. The number of rotatable bonds is 9. The molecule has 6 nitrogen and oxygen atoms in total. The fourth-order valence-electron chi connectivity index (χ4n) is 2.24. The second kappa shape index (κ2) is 10.4. The van der Waals surface area contributed by atoms with Crippen LogP contribution in [0.25, 0.3) is 0 Å². The van der Waals surface area contributed by atoms with Crippen LogP contribution in [0.4, 0.5) is 5.69 Å². The van der Waals surface area contributed by atoms with E-state index in [1.54, 1.807) is 31.2 Å². The van der Waals surface area contributed by atoms with Crippen LogP contribution in [0.1, 0.15) is 38.1 Å². The normalized spacial score (nSPS) is 11.3. The quantitative estimate of drug-likeness (QED) is 0.531. The summed E-state index contributed by atoms with van der Waals surface area (Å²) in [5.41, 5.74) is 1.50. The van der Waals surface area contributed by atoms with E-state index in [9.17, 15) is 14.4 Å². The zero-order valence-corrected chi connectivity index (χ0v) is 15.4. The lowest BCUT2D eigenvalue weighted by Crippen LogP contribution is -2.35. The molecule has 25 heavy (non-hydrogen) atoms. The molecule has 1 rings (SSSR count). The Morgan fingerprint density at radius 3 is 2.16 bits per heavy atom. The van der Waals surface area contributed by atoms with E-state index in [1.165, 1.54) is 13.0 Å². The van der Waals surface area contributed by atoms with Gasteiger partial charge in [0.05, 0.1) is 0 Å². The van der Waals surface area contributed by atoms with Crippen LogP contribution in [0, 0.1) is 0 Å². The Balaban J connectivity index is 2.52. The van der Waals surface area contributed by atoms with Crippen molar-refractivity contribution < 1.29 is 14.4 Å². The average molecular weight is 345 g/mol. The number of Topliss-reactive ketones (excluding diaryl/α,β-unsaturated/α-hetero) is 1. The number of nitrogens with zero attached hydrogens (tertiary/aromatic N) is 1. The molecular weight excluding hydrogens is 318 g/mol. The predicted molar refractivity (Wildman–Crippen MR) is 99.6 cm³/mol. The number of nitrogens with one attached hydrogen (secondary N) is 2. The molecule has 0 bridgehead atoms. The molecule has 0 heterocycles. The van der Waals surface area contributed by atoms with Gasteiger partial charge in [0.1, 0.15) is 0 Å². The summed E-state index contributed by atoms with van der Waals surface area (Å²) in [5.74, 6) is -0.670. The first-order chi connectivity index (χ1) is 11.9. The molecule has 0 saturated carbocycles. The van der Waals surface area contributed by atoms with Crippen molar-refractivity contribution in [3.8, 4) is 0 Å². The lowest BCUT2D eigenvalue weighted by Gasteiger charge is -2.17. The Morgan fingerprint density at radius 2 is 1.64 bits per heavy atom. The van der Waals surface area contributed by atoms with E-state index in [0.29, 0.717) is 23.4 Å². The smallest absolute Gasteiger partial charge is 0.248 e. The molecule has 2 amide bonds. The fourth-order valence-corrected chi connectivity index (χ4v) is 2.24. The van der Waals surface area contributed by atoms with Gasteiger partial charge >= 0.3 is 0 Å². The maximum Gasteiger partial charge on any atom is 0.248 e. The fraction of sp³-hybridized carbons (Fsp3) is 0.421. The summed E-state index contributed by atoms with van der Waals surface area (Å²) in [6, 6.07) is 6.60. The third-order valence-electron chi connectivity index (χ3n) is 3.87. The van der Waals surface area contributed by atoms with Gasteiger partial charge in [-0.3, -0.25) is 14.4 Å². The van der Waals surface area contributed by atoms with E-state index in [4.69, 9.17) is 0 Å². The van der Waals surface area contributed by atoms with Gasteiger partial charge < -0.3 is 15.5 Å². The van der Waals surface area contributed by atoms with Crippen molar-refractivity contribution in [3.63, 3.8) is 0 Å². The van der Waals surface area contributed by atoms with E-state index in [1.807, 2.05) is 0 Å². The Labute approximate surface area is 149 Å². The summed E-state index contributed by atoms with van der Waals surface area (Å²) in [4.78, 5) is 37.4. The SMILES string of the molecule is CCN(CC)CCNC(=O)/C(C)=C\C(=O)Nc1ccc(C(C)=O)cc1. The predicted octanol–water partition coefficient (Wildman–Crippen LogP) is 2.23. The second-order valence-corrected chi connectivity index (χ2v) is 5.73. The minimum absolute atomic E-state index is 0.0324. The van der Waals surface area contributed by atoms with Gasteiger partial charge in [-0.1, -0.05) is 13.8 Å². The van der Waals surface area contributed by atoms with Gasteiger partial charge in [-0.2, -0.15) is 0 Å². The highest BCUT2D eigenvalue weighted by atomic mass is 16.2. The Hall–Kier alpha value is -2.47. The summed E-state index contributed by atoms with van der Waals surface area (Å²) >= 11 is 0. The molecule has 0 unspecified atom stereocenters. The van der Waals surface area contributed by atoms with Crippen molar-refractivity contribution in [1.82, 2.24) is 10.2 Å². The molecule has 136 valence electrons. The molecule has 0 atom stereocenters. The molecule has 2 N–H and O–H groups in total. The largest absolute Gasteiger partial charge is 0.351 e. The molecule has 0 spiro atoms. The van der Waals surface area contributed by atoms with Crippen molar-refractivity contribution >= 4 is 23.3 Å². The van der Waals surface area contributed by atoms with Crippen LogP contribution in [-0.2, 0) is 9.59 Å². The minimum Gasteiger partial charge on any atom is -0.351 e. The van der Waals surface area contributed by atoms with Crippen molar-refractivity contribution in [1.29, 1.82) is 0 Å². The molecule has 1 aromatic rings. The van der Waals surface area contributed by atoms with E-state index in [2.05, 4.69) is 29.4 Å². The van der Waals surface area contributed by atoms with Crippen LogP contribution in [0.2, 0.25) is 0 Å². The lowest BCUT2D eigenvalue weighted by molar-refractivity contribution is -0.118. The van der Waals surface area contributed by atoms with Crippen LogP contribution >= 0.6 is 0 Å². The van der Waals surface area contributed by atoms with Crippen LogP contribution in [0.3, 0.4) is 0 Å². The van der Waals surface area contributed by atoms with Gasteiger partial charge in [-0.05, 0) is 51.2 Å². The topological polar surface area (TPSA) is 78.5 Å². The van der Waals surface area contributed by atoms with Crippen LogP contribution in [-0.4, -0.2) is 48.7 Å². The highest BCUT2D eigenvalue weighted by Crippen LogP contribution is 2.10. The molecule has 0 aliphatic heterocycles. The summed E-state index contributed by atoms with van der Waals surface area (Å²) in [6.45, 7) is 10.4. The first-order valence-corrected chi connectivity index (χ1v) is 8.48. The van der Waals surface area contributed by atoms with Crippen LogP contribution < -0.4 is 10.6 Å². The Kier molecular flexibility index (Phi) is 8.56. The molecule has 6 heteroatoms. The number of hydrogen-bond acceptors (Lipinski definition) is 4. The van der Waals surface area contributed by atoms with Crippen molar-refractivity contribution in [3.05, 3.63) is 41.5 Å². The molecule has 0 fully saturated rings. The van der Waals surface area contributed by atoms with Crippen molar-refractivity contribution in [2.24, 2.45) is 0 Å². The maximum absolute atomic E-state index is 12.0. The molecule has 0 aliphatic rings. The first-order valence-electron chi connectivity index (χ1n) is 8.48. The third kappa shape index (κ3) is 7.30. The van der Waals surface area contributed by atoms with Crippen molar-refractivity contribution in [2.45, 2.75) is 27.7 Å². The second-order valence-electron chi connectivity index (χ2n) is 5.73. The van der Waals surface area contributed by atoms with E-state index in [-0.39, 0.29) is 17.6 Å². The summed E-state index contributed by atoms with van der Waals surface area (Å²) in [5, 5.41) is 5.48. The van der Waals surface area contributed by atoms with Gasteiger partial charge in [0, 0.05) is 36.0 Å². The standard InChI is InChI=1S/C19H27N3O3/c1-5-22(6-2)12-11-20-19(25)14(3)13-18(24)21-17-9-7-16(8-10-17)15(4)23/h7-10,13H,5-6,11-12H2,1-4H3,(H,20,25)(H,21,24)/b14-13-. The van der Waals surface area contributed by atoms with Crippen LogP contribution in [0.5, 0.6) is 0 Å². The van der Waals surface area contributed by atoms with E-state index < -0.39 is 0 Å². The van der Waals surface area contributed by atoms with Crippen molar-refractivity contribution in [2.75, 3.05) is 31.5 Å². The van der Waals surface area contributed by atoms with E-state index >= 15 is 0 Å². The number of carbonyl (C=O) groups excluding carboxylic acids is 3. The molecule has 0 saturated heterocycles. The van der Waals surface area contributed by atoms with Gasteiger partial charge in [0.15, 0.2) is 5.78 Å². The van der Waals surface area contributed by atoms with Gasteiger partial charge in [-0.15, -0.1) is 0 Å². The summed E-state index contributed by atoms with van der Waals surface area (Å²) in [6.07, 6.45) is 1.27. The van der Waals surface area contributed by atoms with E-state index in [0.717, 1.165) is 19.6 Å². The highest BCUT2D eigenvalue weighted by molar-refractivity contribution is 6.06. The number of amides is 2. The minimum atomic E-state index is -0.382. The third-order valence-corrected chi connectivity index (χ3v) is 3.87. The average Bonchev–Trinajstić information content (AvgIpc) is 2.58. The monoisotopic (exact) mass is 345 g/mol. The number of ketones is 1. The zero-order chi connectivity index (χ0) is 18.8. The molecule has 0 aliphatic carbocycles.